The van der Waals surface area contributed by atoms with Gasteiger partial charge in [0.1, 0.15) is 18.9 Å². The van der Waals surface area contributed by atoms with Crippen LogP contribution >= 0.6 is 11.8 Å². The molecule has 1 N–H and O–H groups in total. The quantitative estimate of drug-likeness (QED) is 0.567. The maximum atomic E-state index is 12.9. The Hall–Kier alpha value is -3.27. The Morgan fingerprint density at radius 1 is 1.16 bits per heavy atom. The number of aryl methyl sites for hydroxylation is 2. The van der Waals surface area contributed by atoms with E-state index in [1.54, 1.807) is 31.4 Å². The largest absolute Gasteiger partial charge is 0.486 e. The van der Waals surface area contributed by atoms with E-state index in [0.29, 0.717) is 52.7 Å². The third-order valence-corrected chi connectivity index (χ3v) is 6.35. The summed E-state index contributed by atoms with van der Waals surface area (Å²) in [7, 11) is 3.03. The number of fused-ring (bicyclic) bond motifs is 2. The van der Waals surface area contributed by atoms with Gasteiger partial charge in [-0.2, -0.15) is 0 Å². The number of nitrogens with zero attached hydrogens (tertiary/aromatic N) is 3. The maximum Gasteiger partial charge on any atom is 0.332 e. The predicted molar refractivity (Wildman–Crippen MR) is 123 cm³/mol. The first-order valence-electron chi connectivity index (χ1n) is 10.3. The average Bonchev–Trinajstić information content (AvgIpc) is 2.80. The van der Waals surface area contributed by atoms with Crippen LogP contribution in [0.25, 0.3) is 11.0 Å². The number of hydrogen-bond acceptors (Lipinski definition) is 7. The van der Waals surface area contributed by atoms with Crippen molar-refractivity contribution < 1.29 is 14.3 Å². The minimum Gasteiger partial charge on any atom is -0.486 e. The number of carbonyl (C=O) groups excluding carboxylic acids is 1. The second-order valence-electron chi connectivity index (χ2n) is 7.46. The third kappa shape index (κ3) is 4.10. The standard InChI is InChI=1S/C22H24N4O5S/c1-4-5-13-11-23-20-18(21(28)26(3)22(29)25(20)2)19(13)32-12-17(27)24-14-6-7-15-16(10-14)31-9-8-30-15/h6-7,10-11H,4-5,8-9,12H2,1-3H3,(H,24,27). The van der Waals surface area contributed by atoms with Gasteiger partial charge in [0, 0.05) is 36.9 Å². The first-order chi connectivity index (χ1) is 15.4. The van der Waals surface area contributed by atoms with Crippen molar-refractivity contribution >= 4 is 34.4 Å². The summed E-state index contributed by atoms with van der Waals surface area (Å²) in [6.07, 6.45) is 3.25. The lowest BCUT2D eigenvalue weighted by Gasteiger charge is -2.19. The molecule has 0 saturated heterocycles. The van der Waals surface area contributed by atoms with Crippen LogP contribution in [0.3, 0.4) is 0 Å². The molecule has 0 aliphatic carbocycles. The molecule has 0 bridgehead atoms. The molecule has 2 aromatic heterocycles. The van der Waals surface area contributed by atoms with E-state index in [2.05, 4.69) is 10.3 Å². The van der Waals surface area contributed by atoms with E-state index >= 15 is 0 Å². The highest BCUT2D eigenvalue weighted by molar-refractivity contribution is 8.00. The molecule has 1 aliphatic rings. The highest BCUT2D eigenvalue weighted by atomic mass is 32.2. The SMILES string of the molecule is CCCc1cnc2c(c1SCC(=O)Nc1ccc3c(c1)OCCO3)c(=O)n(C)c(=O)n2C. The summed E-state index contributed by atoms with van der Waals surface area (Å²) < 4.78 is 13.5. The van der Waals surface area contributed by atoms with Crippen LogP contribution in [0.15, 0.2) is 38.9 Å². The fourth-order valence-electron chi connectivity index (χ4n) is 3.61. The first kappa shape index (κ1) is 21.9. The Bertz CT molecular complexity index is 1310. The van der Waals surface area contributed by atoms with Crippen molar-refractivity contribution in [1.29, 1.82) is 0 Å². The van der Waals surface area contributed by atoms with Crippen molar-refractivity contribution in [2.75, 3.05) is 24.3 Å². The predicted octanol–water partition coefficient (Wildman–Crippen LogP) is 2.09. The lowest BCUT2D eigenvalue weighted by molar-refractivity contribution is -0.113. The zero-order chi connectivity index (χ0) is 22.8. The minimum atomic E-state index is -0.439. The third-order valence-electron chi connectivity index (χ3n) is 5.19. The lowest BCUT2D eigenvalue weighted by Crippen LogP contribution is -2.37. The van der Waals surface area contributed by atoms with Crippen molar-refractivity contribution in [2.24, 2.45) is 14.1 Å². The molecule has 1 aromatic carbocycles. The summed E-state index contributed by atoms with van der Waals surface area (Å²) in [4.78, 5) is 42.9. The molecule has 1 aliphatic heterocycles. The lowest BCUT2D eigenvalue weighted by atomic mass is 10.1. The van der Waals surface area contributed by atoms with E-state index in [1.165, 1.54) is 23.4 Å². The molecule has 9 nitrogen and oxygen atoms in total. The number of rotatable bonds is 6. The number of amides is 1. The van der Waals surface area contributed by atoms with Gasteiger partial charge >= 0.3 is 5.69 Å². The summed E-state index contributed by atoms with van der Waals surface area (Å²) >= 11 is 1.27. The first-order valence-corrected chi connectivity index (χ1v) is 11.3. The smallest absolute Gasteiger partial charge is 0.332 e. The van der Waals surface area contributed by atoms with Crippen LogP contribution in [0.2, 0.25) is 0 Å². The number of carbonyl (C=O) groups is 1. The molecule has 0 saturated carbocycles. The number of nitrogens with one attached hydrogen (secondary N) is 1. The Morgan fingerprint density at radius 3 is 2.66 bits per heavy atom. The van der Waals surface area contributed by atoms with Gasteiger partial charge in [0.2, 0.25) is 5.91 Å². The van der Waals surface area contributed by atoms with Crippen LogP contribution < -0.4 is 26.0 Å². The van der Waals surface area contributed by atoms with Gasteiger partial charge in [-0.3, -0.25) is 18.7 Å². The molecule has 3 aromatic rings. The minimum absolute atomic E-state index is 0.0935. The number of pyridine rings is 1. The van der Waals surface area contributed by atoms with E-state index < -0.39 is 11.2 Å². The van der Waals surface area contributed by atoms with Gasteiger partial charge < -0.3 is 14.8 Å². The van der Waals surface area contributed by atoms with E-state index in [-0.39, 0.29) is 11.7 Å². The van der Waals surface area contributed by atoms with E-state index in [1.807, 2.05) is 6.92 Å². The van der Waals surface area contributed by atoms with Gasteiger partial charge in [-0.15, -0.1) is 11.8 Å². The molecule has 1 amide bonds. The summed E-state index contributed by atoms with van der Waals surface area (Å²) in [5.41, 5.74) is 0.945. The second-order valence-corrected chi connectivity index (χ2v) is 8.45. The monoisotopic (exact) mass is 456 g/mol. The van der Waals surface area contributed by atoms with Gasteiger partial charge in [0.15, 0.2) is 11.5 Å². The summed E-state index contributed by atoms with van der Waals surface area (Å²) in [6, 6.07) is 5.25. The van der Waals surface area contributed by atoms with E-state index in [4.69, 9.17) is 9.47 Å². The summed E-state index contributed by atoms with van der Waals surface area (Å²) in [6.45, 7) is 3.00. The molecule has 0 radical (unpaired) electrons. The zero-order valence-corrected chi connectivity index (χ0v) is 19.0. The van der Waals surface area contributed by atoms with Crippen LogP contribution in [-0.4, -0.2) is 39.0 Å². The molecule has 3 heterocycles. The summed E-state index contributed by atoms with van der Waals surface area (Å²) in [5.74, 6) is 1.12. The van der Waals surface area contributed by atoms with Crippen molar-refractivity contribution in [3.8, 4) is 11.5 Å². The average molecular weight is 457 g/mol. The fourth-order valence-corrected chi connectivity index (χ4v) is 4.62. The highest BCUT2D eigenvalue weighted by Gasteiger charge is 2.19. The Labute approximate surface area is 188 Å². The zero-order valence-electron chi connectivity index (χ0n) is 18.1. The molecule has 10 heteroatoms. The molecule has 0 fully saturated rings. The number of anilines is 1. The highest BCUT2D eigenvalue weighted by Crippen LogP contribution is 2.33. The normalized spacial score (nSPS) is 12.7. The van der Waals surface area contributed by atoms with Crippen LogP contribution in [0.5, 0.6) is 11.5 Å². The number of thioether (sulfide) groups is 1. The molecule has 0 unspecified atom stereocenters. The number of hydrogen-bond donors (Lipinski definition) is 1. The number of aromatic nitrogens is 3. The van der Waals surface area contributed by atoms with Crippen molar-refractivity contribution in [2.45, 2.75) is 24.7 Å². The Morgan fingerprint density at radius 2 is 1.91 bits per heavy atom. The van der Waals surface area contributed by atoms with Crippen molar-refractivity contribution in [1.82, 2.24) is 14.1 Å². The molecule has 0 atom stereocenters. The van der Waals surface area contributed by atoms with Crippen molar-refractivity contribution in [3.63, 3.8) is 0 Å². The second kappa shape index (κ2) is 9.07. The van der Waals surface area contributed by atoms with Crippen molar-refractivity contribution in [3.05, 3.63) is 50.8 Å². The van der Waals surface area contributed by atoms with Gasteiger partial charge in [0.05, 0.1) is 11.1 Å². The number of benzene rings is 1. The van der Waals surface area contributed by atoms with Gasteiger partial charge in [-0.25, -0.2) is 9.78 Å². The van der Waals surface area contributed by atoms with Gasteiger partial charge in [0.25, 0.3) is 5.56 Å². The van der Waals surface area contributed by atoms with Crippen LogP contribution in [0.1, 0.15) is 18.9 Å². The molecule has 32 heavy (non-hydrogen) atoms. The topological polar surface area (TPSA) is 104 Å². The molecular formula is C22H24N4O5S. The van der Waals surface area contributed by atoms with Crippen LogP contribution in [0, 0.1) is 0 Å². The Kier molecular flexibility index (Phi) is 6.22. The molecule has 4 rings (SSSR count). The maximum absolute atomic E-state index is 12.9. The van der Waals surface area contributed by atoms with Crippen LogP contribution in [0.4, 0.5) is 5.69 Å². The van der Waals surface area contributed by atoms with Gasteiger partial charge in [-0.1, -0.05) is 13.3 Å². The van der Waals surface area contributed by atoms with Crippen LogP contribution in [-0.2, 0) is 25.3 Å². The summed E-state index contributed by atoms with van der Waals surface area (Å²) in [5, 5.41) is 3.22. The number of ether oxygens (including phenoxy) is 2. The molecular weight excluding hydrogens is 432 g/mol. The molecule has 168 valence electrons. The Balaban J connectivity index is 1.62. The van der Waals surface area contributed by atoms with E-state index in [9.17, 15) is 14.4 Å². The molecule has 0 spiro atoms. The van der Waals surface area contributed by atoms with Gasteiger partial charge in [-0.05, 0) is 24.1 Å². The van der Waals surface area contributed by atoms with E-state index in [0.717, 1.165) is 16.6 Å². The fraction of sp³-hybridized carbons (Fsp3) is 0.364.